The van der Waals surface area contributed by atoms with Crippen molar-refractivity contribution in [1.29, 1.82) is 0 Å². The molecule has 0 spiro atoms. The summed E-state index contributed by atoms with van der Waals surface area (Å²) < 4.78 is 24.6. The van der Waals surface area contributed by atoms with Gasteiger partial charge in [0.15, 0.2) is 0 Å². The summed E-state index contributed by atoms with van der Waals surface area (Å²) in [5.74, 6) is 0. The van der Waals surface area contributed by atoms with Gasteiger partial charge in [-0.15, -0.1) is 0 Å². The van der Waals surface area contributed by atoms with Crippen LogP contribution in [0.3, 0.4) is 0 Å². The lowest BCUT2D eigenvalue weighted by molar-refractivity contribution is -0.386. The topological polar surface area (TPSA) is 56.0 Å². The zero-order chi connectivity index (χ0) is 10.9. The van der Waals surface area contributed by atoms with Crippen LogP contribution in [0.4, 0.5) is 14.5 Å². The average molecular weight is 314 g/mol. The van der Waals surface area contributed by atoms with E-state index in [0.29, 0.717) is 0 Å². The van der Waals surface area contributed by atoms with Gasteiger partial charge in [-0.3, -0.25) is 15.1 Å². The van der Waals surface area contributed by atoms with Crippen LogP contribution in [0.2, 0.25) is 0 Å². The van der Waals surface area contributed by atoms with Crippen LogP contribution >= 0.6 is 22.6 Å². The first-order valence-corrected chi connectivity index (χ1v) is 4.61. The van der Waals surface area contributed by atoms with E-state index in [1.807, 2.05) is 0 Å². The molecular formula is C7H5F2IN2O2. The van der Waals surface area contributed by atoms with E-state index in [2.05, 4.69) is 4.98 Å². The summed E-state index contributed by atoms with van der Waals surface area (Å²) in [6.45, 7) is 1.44. The third kappa shape index (κ3) is 2.14. The van der Waals surface area contributed by atoms with Gasteiger partial charge in [-0.25, -0.2) is 8.78 Å². The average Bonchev–Trinajstić information content (AvgIpc) is 2.07. The van der Waals surface area contributed by atoms with Gasteiger partial charge < -0.3 is 0 Å². The standard InChI is InChI=1S/C7H5F2IN2O2/c1-3-2-4(12(13)14)5(10)6(11-3)7(8)9/h2,7H,1H3. The van der Waals surface area contributed by atoms with Gasteiger partial charge in [0.05, 0.1) is 4.92 Å². The highest BCUT2D eigenvalue weighted by atomic mass is 127. The van der Waals surface area contributed by atoms with Crippen LogP contribution in [0.15, 0.2) is 6.07 Å². The van der Waals surface area contributed by atoms with E-state index >= 15 is 0 Å². The molecule has 0 bridgehead atoms. The molecule has 0 saturated carbocycles. The molecule has 0 N–H and O–H groups in total. The predicted molar refractivity (Wildman–Crippen MR) is 53.3 cm³/mol. The van der Waals surface area contributed by atoms with Crippen LogP contribution in [0.25, 0.3) is 0 Å². The van der Waals surface area contributed by atoms with Gasteiger partial charge in [0, 0.05) is 11.8 Å². The van der Waals surface area contributed by atoms with E-state index in [1.165, 1.54) is 35.6 Å². The van der Waals surface area contributed by atoms with Crippen molar-refractivity contribution in [2.24, 2.45) is 0 Å². The molecule has 76 valence electrons. The summed E-state index contributed by atoms with van der Waals surface area (Å²) in [6.07, 6.45) is -2.79. The number of aryl methyl sites for hydroxylation is 1. The highest BCUT2D eigenvalue weighted by Gasteiger charge is 2.23. The minimum absolute atomic E-state index is 0.104. The first-order valence-electron chi connectivity index (χ1n) is 3.53. The molecule has 4 nitrogen and oxygen atoms in total. The third-order valence-electron chi connectivity index (χ3n) is 1.50. The number of nitro groups is 1. The smallest absolute Gasteiger partial charge is 0.258 e. The van der Waals surface area contributed by atoms with Gasteiger partial charge in [-0.1, -0.05) is 0 Å². The quantitative estimate of drug-likeness (QED) is 0.479. The van der Waals surface area contributed by atoms with Crippen LogP contribution in [-0.4, -0.2) is 9.91 Å². The minimum atomic E-state index is -2.79. The maximum absolute atomic E-state index is 12.4. The molecule has 7 heteroatoms. The SMILES string of the molecule is Cc1cc([N+](=O)[O-])c(I)c(C(F)F)n1. The largest absolute Gasteiger partial charge is 0.286 e. The van der Waals surface area contributed by atoms with Gasteiger partial charge in [-0.05, 0) is 29.5 Å². The van der Waals surface area contributed by atoms with Crippen molar-refractivity contribution >= 4 is 28.3 Å². The van der Waals surface area contributed by atoms with E-state index in [4.69, 9.17) is 0 Å². The van der Waals surface area contributed by atoms with Gasteiger partial charge in [0.2, 0.25) is 0 Å². The Kier molecular flexibility index (Phi) is 3.29. The Morgan fingerprint density at radius 1 is 1.64 bits per heavy atom. The number of hydrogen-bond donors (Lipinski definition) is 0. The molecule has 1 rings (SSSR count). The molecule has 0 aromatic carbocycles. The number of alkyl halides is 2. The summed E-state index contributed by atoms with van der Waals surface area (Å²) >= 11 is 1.50. The maximum atomic E-state index is 12.4. The molecule has 0 amide bonds. The first kappa shape index (κ1) is 11.2. The van der Waals surface area contributed by atoms with Crippen molar-refractivity contribution in [2.75, 3.05) is 0 Å². The van der Waals surface area contributed by atoms with Crippen molar-refractivity contribution < 1.29 is 13.7 Å². The van der Waals surface area contributed by atoms with Gasteiger partial charge >= 0.3 is 0 Å². The lowest BCUT2D eigenvalue weighted by atomic mass is 10.3. The Morgan fingerprint density at radius 2 is 2.21 bits per heavy atom. The Labute approximate surface area is 91.6 Å². The summed E-state index contributed by atoms with van der Waals surface area (Å²) in [5, 5.41) is 10.5. The number of nitrogens with zero attached hydrogens (tertiary/aromatic N) is 2. The maximum Gasteiger partial charge on any atom is 0.286 e. The first-order chi connectivity index (χ1) is 6.43. The number of halogens is 3. The van der Waals surface area contributed by atoms with Crippen LogP contribution in [0.1, 0.15) is 17.8 Å². The zero-order valence-corrected chi connectivity index (χ0v) is 9.16. The van der Waals surface area contributed by atoms with E-state index in [1.54, 1.807) is 0 Å². The molecule has 0 aliphatic rings. The fourth-order valence-corrected chi connectivity index (χ4v) is 1.65. The highest BCUT2D eigenvalue weighted by molar-refractivity contribution is 14.1. The fraction of sp³-hybridized carbons (Fsp3) is 0.286. The van der Waals surface area contributed by atoms with Gasteiger partial charge in [0.25, 0.3) is 12.1 Å². The Morgan fingerprint density at radius 3 is 2.64 bits per heavy atom. The molecule has 0 atom stereocenters. The Bertz CT molecular complexity index is 384. The van der Waals surface area contributed by atoms with Crippen LogP contribution in [0.5, 0.6) is 0 Å². The van der Waals surface area contributed by atoms with Crippen molar-refractivity contribution in [3.63, 3.8) is 0 Å². The molecule has 1 aromatic rings. The molecule has 0 aliphatic heterocycles. The molecule has 1 heterocycles. The number of hydrogen-bond acceptors (Lipinski definition) is 3. The second kappa shape index (κ2) is 4.11. The fourth-order valence-electron chi connectivity index (χ4n) is 0.941. The van der Waals surface area contributed by atoms with E-state index in [9.17, 15) is 18.9 Å². The second-order valence-corrected chi connectivity index (χ2v) is 3.62. The van der Waals surface area contributed by atoms with E-state index in [-0.39, 0.29) is 15.0 Å². The summed E-state index contributed by atoms with van der Waals surface area (Å²) in [6, 6.07) is 1.17. The molecular weight excluding hydrogens is 309 g/mol. The highest BCUT2D eigenvalue weighted by Crippen LogP contribution is 2.29. The monoisotopic (exact) mass is 314 g/mol. The van der Waals surface area contributed by atoms with Crippen molar-refractivity contribution in [1.82, 2.24) is 4.98 Å². The number of aromatic nitrogens is 1. The van der Waals surface area contributed by atoms with Gasteiger partial charge in [0.1, 0.15) is 9.26 Å². The van der Waals surface area contributed by atoms with E-state index in [0.717, 1.165) is 0 Å². The second-order valence-electron chi connectivity index (χ2n) is 2.54. The summed E-state index contributed by atoms with van der Waals surface area (Å²) in [5.41, 5.74) is -0.641. The molecule has 0 saturated heterocycles. The minimum Gasteiger partial charge on any atom is -0.258 e. The van der Waals surface area contributed by atoms with Crippen LogP contribution in [0, 0.1) is 20.6 Å². The Hall–Kier alpha value is -0.860. The predicted octanol–water partition coefficient (Wildman–Crippen LogP) is 2.84. The molecule has 0 aliphatic carbocycles. The summed E-state index contributed by atoms with van der Waals surface area (Å²) in [7, 11) is 0. The zero-order valence-electron chi connectivity index (χ0n) is 7.00. The lowest BCUT2D eigenvalue weighted by Crippen LogP contribution is -2.02. The molecule has 0 radical (unpaired) electrons. The third-order valence-corrected chi connectivity index (χ3v) is 2.60. The van der Waals surface area contributed by atoms with Gasteiger partial charge in [-0.2, -0.15) is 0 Å². The van der Waals surface area contributed by atoms with Crippen molar-refractivity contribution in [3.8, 4) is 0 Å². The lowest BCUT2D eigenvalue weighted by Gasteiger charge is -2.04. The van der Waals surface area contributed by atoms with Crippen LogP contribution in [-0.2, 0) is 0 Å². The molecule has 14 heavy (non-hydrogen) atoms. The molecule has 0 fully saturated rings. The number of pyridine rings is 1. The Balaban J connectivity index is 3.40. The summed E-state index contributed by atoms with van der Waals surface area (Å²) in [4.78, 5) is 13.3. The van der Waals surface area contributed by atoms with E-state index < -0.39 is 17.0 Å². The van der Waals surface area contributed by atoms with Crippen molar-refractivity contribution in [3.05, 3.63) is 31.1 Å². The van der Waals surface area contributed by atoms with Crippen LogP contribution < -0.4 is 0 Å². The molecule has 0 unspecified atom stereocenters. The molecule has 1 aromatic heterocycles. The normalized spacial score (nSPS) is 10.6. The van der Waals surface area contributed by atoms with Crippen molar-refractivity contribution in [2.45, 2.75) is 13.3 Å². The number of rotatable bonds is 2.